The monoisotopic (exact) mass is 566 g/mol. The van der Waals surface area contributed by atoms with E-state index in [0.717, 1.165) is 21.4 Å². The molecule has 0 saturated heterocycles. The summed E-state index contributed by atoms with van der Waals surface area (Å²) < 4.78 is 0.944. The number of hydrogen-bond acceptors (Lipinski definition) is 3. The van der Waals surface area contributed by atoms with Crippen molar-refractivity contribution in [2.24, 2.45) is 0 Å². The summed E-state index contributed by atoms with van der Waals surface area (Å²) >= 11 is 5.11. The van der Waals surface area contributed by atoms with Gasteiger partial charge in [0.2, 0.25) is 11.8 Å². The van der Waals surface area contributed by atoms with Crippen LogP contribution in [0.15, 0.2) is 83.3 Å². The minimum atomic E-state index is -0.627. The number of hydrogen-bond donors (Lipinski definition) is 1. The average molecular weight is 568 g/mol. The summed E-state index contributed by atoms with van der Waals surface area (Å²) in [4.78, 5) is 29.0. The van der Waals surface area contributed by atoms with Gasteiger partial charge in [-0.25, -0.2) is 0 Å². The number of carbonyl (C=O) groups excluding carboxylic acids is 2. The highest BCUT2D eigenvalue weighted by molar-refractivity contribution is 9.10. The summed E-state index contributed by atoms with van der Waals surface area (Å²) in [7, 11) is 0. The zero-order valence-electron chi connectivity index (χ0n) is 21.5. The fourth-order valence-electron chi connectivity index (χ4n) is 3.86. The van der Waals surface area contributed by atoms with Crippen molar-refractivity contribution < 1.29 is 9.59 Å². The molecule has 0 aliphatic rings. The summed E-state index contributed by atoms with van der Waals surface area (Å²) in [5, 5.41) is 3.11. The Bertz CT molecular complexity index is 1140. The SMILES string of the molecule is Cc1ccc(CSCC(=O)N(Cc2cccc(Br)c2)C(Cc2ccccc2)C(=O)NC(C)(C)C)cc1. The van der Waals surface area contributed by atoms with Gasteiger partial charge in [0.1, 0.15) is 6.04 Å². The van der Waals surface area contributed by atoms with E-state index in [0.29, 0.717) is 18.7 Å². The third-order valence-corrected chi connectivity index (χ3v) is 7.11. The molecular formula is C30H35BrN2O2S. The Hall–Kier alpha value is -2.57. The zero-order valence-corrected chi connectivity index (χ0v) is 23.9. The highest BCUT2D eigenvalue weighted by Gasteiger charge is 2.32. The van der Waals surface area contributed by atoms with Gasteiger partial charge in [-0.2, -0.15) is 0 Å². The fourth-order valence-corrected chi connectivity index (χ4v) is 5.18. The molecule has 6 heteroatoms. The van der Waals surface area contributed by atoms with Crippen molar-refractivity contribution in [3.8, 4) is 0 Å². The number of nitrogens with zero attached hydrogens (tertiary/aromatic N) is 1. The molecular weight excluding hydrogens is 532 g/mol. The minimum Gasteiger partial charge on any atom is -0.350 e. The van der Waals surface area contributed by atoms with Gasteiger partial charge in [0.05, 0.1) is 5.75 Å². The molecule has 1 unspecified atom stereocenters. The predicted molar refractivity (Wildman–Crippen MR) is 154 cm³/mol. The Kier molecular flexibility index (Phi) is 10.2. The largest absolute Gasteiger partial charge is 0.350 e. The Morgan fingerprint density at radius 2 is 1.58 bits per heavy atom. The van der Waals surface area contributed by atoms with Crippen molar-refractivity contribution in [2.75, 3.05) is 5.75 Å². The van der Waals surface area contributed by atoms with E-state index in [1.807, 2.05) is 75.4 Å². The highest BCUT2D eigenvalue weighted by atomic mass is 79.9. The van der Waals surface area contributed by atoms with Crippen molar-refractivity contribution >= 4 is 39.5 Å². The normalized spacial score (nSPS) is 12.1. The smallest absolute Gasteiger partial charge is 0.243 e. The van der Waals surface area contributed by atoms with Crippen LogP contribution in [-0.2, 0) is 28.3 Å². The first-order valence-electron chi connectivity index (χ1n) is 12.1. The summed E-state index contributed by atoms with van der Waals surface area (Å²) in [5.74, 6) is 0.861. The third-order valence-electron chi connectivity index (χ3n) is 5.63. The fraction of sp³-hybridized carbons (Fsp3) is 0.333. The molecule has 0 bridgehead atoms. The lowest BCUT2D eigenvalue weighted by molar-refractivity contribution is -0.140. The van der Waals surface area contributed by atoms with Crippen LogP contribution < -0.4 is 5.32 Å². The average Bonchev–Trinajstić information content (AvgIpc) is 2.82. The van der Waals surface area contributed by atoms with Gasteiger partial charge in [0, 0.05) is 28.7 Å². The second-order valence-electron chi connectivity index (χ2n) is 10.1. The van der Waals surface area contributed by atoms with Crippen molar-refractivity contribution in [2.45, 2.75) is 58.0 Å². The maximum Gasteiger partial charge on any atom is 0.243 e. The lowest BCUT2D eigenvalue weighted by Crippen LogP contribution is -2.54. The van der Waals surface area contributed by atoms with E-state index in [2.05, 4.69) is 52.4 Å². The van der Waals surface area contributed by atoms with Gasteiger partial charge in [-0.3, -0.25) is 9.59 Å². The van der Waals surface area contributed by atoms with E-state index in [1.54, 1.807) is 16.7 Å². The molecule has 4 nitrogen and oxygen atoms in total. The van der Waals surface area contributed by atoms with Crippen LogP contribution in [-0.4, -0.2) is 34.0 Å². The van der Waals surface area contributed by atoms with Crippen molar-refractivity contribution in [1.29, 1.82) is 0 Å². The standard InChI is InChI=1S/C30H35BrN2O2S/c1-22-13-15-24(16-14-22)20-36-21-28(34)33(19-25-11-8-12-26(31)17-25)27(29(35)32-30(2,3)4)18-23-9-6-5-7-10-23/h5-17,27H,18-21H2,1-4H3,(H,32,35). The molecule has 190 valence electrons. The number of aryl methyl sites for hydroxylation is 1. The summed E-state index contributed by atoms with van der Waals surface area (Å²) in [6.45, 7) is 8.31. The molecule has 1 N–H and O–H groups in total. The van der Waals surface area contributed by atoms with Crippen molar-refractivity contribution in [1.82, 2.24) is 10.2 Å². The number of benzene rings is 3. The molecule has 1 atom stereocenters. The molecule has 0 radical (unpaired) electrons. The Morgan fingerprint density at radius 3 is 2.22 bits per heavy atom. The van der Waals surface area contributed by atoms with Crippen LogP contribution in [0.1, 0.15) is 43.0 Å². The Labute approximate surface area is 228 Å². The quantitative estimate of drug-likeness (QED) is 0.303. The van der Waals surface area contributed by atoms with Gasteiger partial charge < -0.3 is 10.2 Å². The molecule has 2 amide bonds. The first kappa shape index (κ1) is 28.0. The molecule has 3 aromatic rings. The first-order valence-corrected chi connectivity index (χ1v) is 14.1. The number of nitrogens with one attached hydrogen (secondary N) is 1. The number of amides is 2. The van der Waals surface area contributed by atoms with E-state index in [9.17, 15) is 9.59 Å². The van der Waals surface area contributed by atoms with Crippen LogP contribution in [0, 0.1) is 6.92 Å². The molecule has 3 aromatic carbocycles. The van der Waals surface area contributed by atoms with Crippen LogP contribution in [0.2, 0.25) is 0 Å². The molecule has 0 heterocycles. The van der Waals surface area contributed by atoms with Gasteiger partial charge in [-0.05, 0) is 56.5 Å². The first-order chi connectivity index (χ1) is 17.1. The molecule has 0 spiro atoms. The van der Waals surface area contributed by atoms with Gasteiger partial charge in [-0.15, -0.1) is 11.8 Å². The van der Waals surface area contributed by atoms with Crippen LogP contribution in [0.3, 0.4) is 0 Å². The van der Waals surface area contributed by atoms with E-state index >= 15 is 0 Å². The second-order valence-corrected chi connectivity index (χ2v) is 12.0. The van der Waals surface area contributed by atoms with Crippen LogP contribution >= 0.6 is 27.7 Å². The second kappa shape index (κ2) is 13.1. The van der Waals surface area contributed by atoms with Gasteiger partial charge in [0.25, 0.3) is 0 Å². The summed E-state index contributed by atoms with van der Waals surface area (Å²) in [6.07, 6.45) is 0.450. The molecule has 3 rings (SSSR count). The Morgan fingerprint density at radius 1 is 0.917 bits per heavy atom. The van der Waals surface area contributed by atoms with Crippen LogP contribution in [0.25, 0.3) is 0 Å². The molecule has 0 saturated carbocycles. The van der Waals surface area contributed by atoms with Gasteiger partial charge in [0.15, 0.2) is 0 Å². The summed E-state index contributed by atoms with van der Waals surface area (Å²) in [6, 6.07) is 25.5. The van der Waals surface area contributed by atoms with E-state index in [-0.39, 0.29) is 11.8 Å². The lowest BCUT2D eigenvalue weighted by atomic mass is 10.0. The van der Waals surface area contributed by atoms with E-state index in [4.69, 9.17) is 0 Å². The maximum atomic E-state index is 13.7. The maximum absolute atomic E-state index is 13.7. The van der Waals surface area contributed by atoms with Crippen LogP contribution in [0.5, 0.6) is 0 Å². The predicted octanol–water partition coefficient (Wildman–Crippen LogP) is 6.55. The lowest BCUT2D eigenvalue weighted by Gasteiger charge is -2.34. The topological polar surface area (TPSA) is 49.4 Å². The Balaban J connectivity index is 1.86. The number of thioether (sulfide) groups is 1. The highest BCUT2D eigenvalue weighted by Crippen LogP contribution is 2.21. The van der Waals surface area contributed by atoms with Crippen molar-refractivity contribution in [3.63, 3.8) is 0 Å². The molecule has 0 fully saturated rings. The third kappa shape index (κ3) is 9.14. The molecule has 36 heavy (non-hydrogen) atoms. The number of halogens is 1. The summed E-state index contributed by atoms with van der Waals surface area (Å²) in [5.41, 5.74) is 3.99. The van der Waals surface area contributed by atoms with Crippen molar-refractivity contribution in [3.05, 3.63) is 106 Å². The zero-order chi connectivity index (χ0) is 26.1. The van der Waals surface area contributed by atoms with Crippen LogP contribution in [0.4, 0.5) is 0 Å². The number of carbonyl (C=O) groups is 2. The molecule has 0 aliphatic heterocycles. The number of rotatable bonds is 10. The molecule has 0 aliphatic carbocycles. The van der Waals surface area contributed by atoms with Gasteiger partial charge in [-0.1, -0.05) is 88.2 Å². The van der Waals surface area contributed by atoms with E-state index in [1.165, 1.54) is 11.1 Å². The minimum absolute atomic E-state index is 0.0444. The van der Waals surface area contributed by atoms with Gasteiger partial charge >= 0.3 is 0 Å². The van der Waals surface area contributed by atoms with E-state index < -0.39 is 11.6 Å². The molecule has 0 aromatic heterocycles.